The van der Waals surface area contributed by atoms with Crippen molar-refractivity contribution in [2.75, 3.05) is 37.7 Å². The largest absolute Gasteiger partial charge is 0.383 e. The highest BCUT2D eigenvalue weighted by Gasteiger charge is 2.31. The number of carbonyl (C=O) groups is 2. The van der Waals surface area contributed by atoms with E-state index >= 15 is 0 Å². The van der Waals surface area contributed by atoms with E-state index in [2.05, 4.69) is 44.1 Å². The average Bonchev–Trinajstić information content (AvgIpc) is 3.62. The first-order valence-electron chi connectivity index (χ1n) is 15.1. The van der Waals surface area contributed by atoms with Crippen LogP contribution >= 0.6 is 0 Å². The number of anilines is 2. The number of rotatable bonds is 10. The summed E-state index contributed by atoms with van der Waals surface area (Å²) in [5.74, 6) is 0.832. The van der Waals surface area contributed by atoms with Crippen LogP contribution in [-0.4, -0.2) is 74.3 Å². The number of hydrogen-bond donors (Lipinski definition) is 3. The molecule has 4 heterocycles. The van der Waals surface area contributed by atoms with Gasteiger partial charge in [0.2, 0.25) is 5.91 Å². The summed E-state index contributed by atoms with van der Waals surface area (Å²) in [7, 11) is 2.10. The number of nitrogens with two attached hydrogens (primary N) is 1. The number of nitrogens with one attached hydrogen (secondary N) is 2. The van der Waals surface area contributed by atoms with Crippen LogP contribution in [0.25, 0.3) is 22.2 Å². The van der Waals surface area contributed by atoms with Crippen LogP contribution in [0.5, 0.6) is 0 Å². The Hall–Kier alpha value is -4.57. The molecular weight excluding hydrogens is 540 g/mol. The quantitative estimate of drug-likeness (QED) is 0.231. The molecule has 43 heavy (non-hydrogen) atoms. The summed E-state index contributed by atoms with van der Waals surface area (Å²) in [4.78, 5) is 46.8. The van der Waals surface area contributed by atoms with E-state index in [9.17, 15) is 9.59 Å². The second-order valence-electron chi connectivity index (χ2n) is 11.6. The number of nitrogen functional groups attached to an aromatic ring is 1. The highest BCUT2D eigenvalue weighted by Crippen LogP contribution is 2.38. The molecule has 10 nitrogen and oxygen atoms in total. The Kier molecular flexibility index (Phi) is 8.20. The van der Waals surface area contributed by atoms with Gasteiger partial charge in [-0.2, -0.15) is 0 Å². The number of H-pyrrole nitrogens is 1. The molecule has 1 saturated carbocycles. The average molecular weight is 579 g/mol. The maximum Gasteiger partial charge on any atom is 0.256 e. The molecule has 0 spiro atoms. The van der Waals surface area contributed by atoms with E-state index in [0.717, 1.165) is 59.2 Å². The third kappa shape index (κ3) is 6.29. The fourth-order valence-electron chi connectivity index (χ4n) is 5.87. The number of likely N-dealkylation sites (tertiary alicyclic amines) is 1. The van der Waals surface area contributed by atoms with Crippen LogP contribution in [0.15, 0.2) is 61.1 Å². The molecule has 0 radical (unpaired) electrons. The monoisotopic (exact) mass is 578 g/mol. The van der Waals surface area contributed by atoms with E-state index < -0.39 is 0 Å². The lowest BCUT2D eigenvalue weighted by Crippen LogP contribution is -2.27. The first-order chi connectivity index (χ1) is 20.9. The normalized spacial score (nSPS) is 16.9. The summed E-state index contributed by atoms with van der Waals surface area (Å²) in [6.45, 7) is 4.20. The number of nitrogens with zero attached hydrogens (tertiary/aromatic N) is 5. The molecule has 1 aliphatic carbocycles. The number of benzene rings is 1. The van der Waals surface area contributed by atoms with Crippen molar-refractivity contribution in [3.63, 3.8) is 0 Å². The topological polar surface area (TPSA) is 133 Å². The Morgan fingerprint density at radius 2 is 1.95 bits per heavy atom. The Balaban J connectivity index is 1.18. The highest BCUT2D eigenvalue weighted by molar-refractivity contribution is 6.05. The van der Waals surface area contributed by atoms with E-state index in [-0.39, 0.29) is 17.7 Å². The van der Waals surface area contributed by atoms with Gasteiger partial charge in [-0.15, -0.1) is 0 Å². The van der Waals surface area contributed by atoms with Crippen LogP contribution in [0.3, 0.4) is 0 Å². The Bertz CT molecular complexity index is 1660. The molecule has 2 aliphatic rings. The van der Waals surface area contributed by atoms with Gasteiger partial charge in [0.15, 0.2) is 0 Å². The fraction of sp³-hybridized carbons (Fsp3) is 0.364. The van der Waals surface area contributed by atoms with E-state index in [0.29, 0.717) is 36.3 Å². The van der Waals surface area contributed by atoms with Gasteiger partial charge in [0.25, 0.3) is 5.91 Å². The SMILES string of the molecule is CCCc1ccnc(NC(=O)c2ccc(-c3[nH]c([C@@H]4CCN(C(=O)C=CCN(C)C5CC5)C4)c4ncnc(N)c34)cc2)c1. The Morgan fingerprint density at radius 3 is 2.72 bits per heavy atom. The van der Waals surface area contributed by atoms with Crippen LogP contribution in [0.1, 0.15) is 60.1 Å². The molecule has 2 fully saturated rings. The second kappa shape index (κ2) is 12.3. The molecule has 3 aromatic heterocycles. The summed E-state index contributed by atoms with van der Waals surface area (Å²) in [5.41, 5.74) is 11.4. The smallest absolute Gasteiger partial charge is 0.256 e. The lowest BCUT2D eigenvalue weighted by atomic mass is 10.0. The molecule has 1 saturated heterocycles. The van der Waals surface area contributed by atoms with Crippen LogP contribution in [0.2, 0.25) is 0 Å². The fourth-order valence-corrected chi connectivity index (χ4v) is 5.87. The van der Waals surface area contributed by atoms with Gasteiger partial charge >= 0.3 is 0 Å². The summed E-state index contributed by atoms with van der Waals surface area (Å²) < 4.78 is 0. The molecule has 4 N–H and O–H groups in total. The molecule has 6 rings (SSSR count). The molecule has 0 unspecified atom stereocenters. The molecular formula is C33H38N8O2. The van der Waals surface area contributed by atoms with Crippen molar-refractivity contribution in [1.29, 1.82) is 0 Å². The van der Waals surface area contributed by atoms with E-state index in [4.69, 9.17) is 5.73 Å². The van der Waals surface area contributed by atoms with Crippen molar-refractivity contribution in [3.8, 4) is 11.3 Å². The molecule has 4 aromatic rings. The first kappa shape index (κ1) is 28.5. The molecule has 1 aliphatic heterocycles. The molecule has 10 heteroatoms. The van der Waals surface area contributed by atoms with Crippen molar-refractivity contribution >= 4 is 34.4 Å². The number of aromatic nitrogens is 4. The molecule has 1 atom stereocenters. The van der Waals surface area contributed by atoms with E-state index in [1.807, 2.05) is 35.2 Å². The van der Waals surface area contributed by atoms with Crippen molar-refractivity contribution in [2.24, 2.45) is 0 Å². The number of pyridine rings is 1. The number of likely N-dealkylation sites (N-methyl/N-ethyl adjacent to an activating group) is 1. The minimum atomic E-state index is -0.225. The van der Waals surface area contributed by atoms with Crippen molar-refractivity contribution in [1.82, 2.24) is 29.7 Å². The zero-order chi connectivity index (χ0) is 29.9. The van der Waals surface area contributed by atoms with Crippen LogP contribution < -0.4 is 11.1 Å². The predicted octanol–water partition coefficient (Wildman–Crippen LogP) is 4.77. The van der Waals surface area contributed by atoms with E-state index in [1.54, 1.807) is 24.4 Å². The maximum atomic E-state index is 13.0. The van der Waals surface area contributed by atoms with Gasteiger partial charge in [0.1, 0.15) is 18.0 Å². The van der Waals surface area contributed by atoms with Crippen molar-refractivity contribution < 1.29 is 9.59 Å². The number of hydrogen-bond acceptors (Lipinski definition) is 7. The van der Waals surface area contributed by atoms with E-state index in [1.165, 1.54) is 19.2 Å². The third-order valence-electron chi connectivity index (χ3n) is 8.41. The van der Waals surface area contributed by atoms with Crippen LogP contribution in [0.4, 0.5) is 11.6 Å². The lowest BCUT2D eigenvalue weighted by molar-refractivity contribution is -0.125. The molecule has 2 amide bonds. The van der Waals surface area contributed by atoms with Crippen molar-refractivity contribution in [3.05, 3.63) is 77.9 Å². The van der Waals surface area contributed by atoms with Gasteiger partial charge in [-0.25, -0.2) is 15.0 Å². The number of aryl methyl sites for hydroxylation is 1. The first-order valence-corrected chi connectivity index (χ1v) is 15.1. The minimum Gasteiger partial charge on any atom is -0.383 e. The van der Waals surface area contributed by atoms with Gasteiger partial charge in [-0.05, 0) is 68.1 Å². The highest BCUT2D eigenvalue weighted by atomic mass is 16.2. The number of carbonyl (C=O) groups excluding carboxylic acids is 2. The van der Waals surface area contributed by atoms with Crippen LogP contribution in [-0.2, 0) is 11.2 Å². The number of fused-ring (bicyclic) bond motifs is 1. The molecule has 222 valence electrons. The van der Waals surface area contributed by atoms with Gasteiger partial charge in [-0.3, -0.25) is 14.5 Å². The lowest BCUT2D eigenvalue weighted by Gasteiger charge is -2.15. The zero-order valence-corrected chi connectivity index (χ0v) is 24.7. The summed E-state index contributed by atoms with van der Waals surface area (Å²) in [6, 6.07) is 11.9. The van der Waals surface area contributed by atoms with Gasteiger partial charge in [0.05, 0.1) is 16.6 Å². The van der Waals surface area contributed by atoms with Crippen LogP contribution in [0, 0.1) is 0 Å². The summed E-state index contributed by atoms with van der Waals surface area (Å²) in [6.07, 6.45) is 12.1. The second-order valence-corrected chi connectivity index (χ2v) is 11.6. The molecule has 1 aromatic carbocycles. The maximum absolute atomic E-state index is 13.0. The van der Waals surface area contributed by atoms with Gasteiger partial charge in [0, 0.05) is 55.1 Å². The Morgan fingerprint density at radius 1 is 1.14 bits per heavy atom. The number of aromatic amines is 1. The van der Waals surface area contributed by atoms with Gasteiger partial charge in [-0.1, -0.05) is 31.6 Å². The predicted molar refractivity (Wildman–Crippen MR) is 169 cm³/mol. The zero-order valence-electron chi connectivity index (χ0n) is 24.7. The standard InChI is InChI=1S/C33H38N8O2/c1-3-5-21-13-15-35-26(18-21)38-33(43)23-9-7-22(8-10-23)29-28-31(36-20-37-32(28)34)30(39-29)24-14-17-41(19-24)27(42)6-4-16-40(2)25-11-12-25/h4,6-10,13,15,18,20,24-25,39H,3,5,11-12,14,16-17,19H2,1-2H3,(H2,34,36,37)(H,35,38,43)/t24-/m1/s1. The number of amides is 2. The summed E-state index contributed by atoms with van der Waals surface area (Å²) >= 11 is 0. The minimum absolute atomic E-state index is 0.0399. The Labute approximate surface area is 251 Å². The van der Waals surface area contributed by atoms with Crippen molar-refractivity contribution in [2.45, 2.75) is 51.0 Å². The molecule has 0 bridgehead atoms. The third-order valence-corrected chi connectivity index (χ3v) is 8.41. The summed E-state index contributed by atoms with van der Waals surface area (Å²) in [5, 5.41) is 3.65. The van der Waals surface area contributed by atoms with Gasteiger partial charge < -0.3 is 20.9 Å².